The maximum absolute atomic E-state index is 11.7. The van der Waals surface area contributed by atoms with Gasteiger partial charge in [0.2, 0.25) is 0 Å². The van der Waals surface area contributed by atoms with Gasteiger partial charge in [0.15, 0.2) is 5.78 Å². The Morgan fingerprint density at radius 3 is 2.23 bits per heavy atom. The van der Waals surface area contributed by atoms with Crippen LogP contribution in [0.3, 0.4) is 0 Å². The molecular weight excluding hydrogens is 160 g/mol. The van der Waals surface area contributed by atoms with E-state index in [1.165, 1.54) is 0 Å². The molecular formula is C12H14O. The lowest BCUT2D eigenvalue weighted by atomic mass is 9.96. The zero-order valence-corrected chi connectivity index (χ0v) is 8.08. The molecule has 0 radical (unpaired) electrons. The average molecular weight is 174 g/mol. The first-order chi connectivity index (χ1) is 6.13. The molecule has 0 N–H and O–H groups in total. The largest absolute Gasteiger partial charge is 0.289 e. The Hall–Kier alpha value is -1.37. The number of hydrogen-bond donors (Lipinski definition) is 0. The van der Waals surface area contributed by atoms with Crippen LogP contribution in [0.25, 0.3) is 0 Å². The Labute approximate surface area is 79.1 Å². The highest BCUT2D eigenvalue weighted by Gasteiger charge is 2.11. The van der Waals surface area contributed by atoms with Gasteiger partial charge >= 0.3 is 0 Å². The predicted octanol–water partition coefficient (Wildman–Crippen LogP) is 3.08. The van der Waals surface area contributed by atoms with E-state index in [1.54, 1.807) is 0 Å². The molecule has 0 aliphatic carbocycles. The lowest BCUT2D eigenvalue weighted by molar-refractivity contribution is 0.102. The van der Waals surface area contributed by atoms with Crippen LogP contribution in [0.1, 0.15) is 24.2 Å². The van der Waals surface area contributed by atoms with Crippen LogP contribution in [0, 0.1) is 5.92 Å². The van der Waals surface area contributed by atoms with Crippen LogP contribution in [0.5, 0.6) is 0 Å². The standard InChI is InChI=1S/C12H14O/c1-9(2)10(3)12(13)11-7-5-4-6-8-11/h4-9H,3H2,1-2H3. The summed E-state index contributed by atoms with van der Waals surface area (Å²) in [7, 11) is 0. The number of Topliss-reactive ketones (excluding diaryl/α,β-unsaturated/α-hetero) is 1. The minimum atomic E-state index is 0.0515. The van der Waals surface area contributed by atoms with Crippen molar-refractivity contribution in [3.63, 3.8) is 0 Å². The Kier molecular flexibility index (Phi) is 3.02. The van der Waals surface area contributed by atoms with Crippen molar-refractivity contribution in [1.29, 1.82) is 0 Å². The highest BCUT2D eigenvalue weighted by atomic mass is 16.1. The molecule has 0 fully saturated rings. The van der Waals surface area contributed by atoms with Gasteiger partial charge in [-0.05, 0) is 11.5 Å². The maximum Gasteiger partial charge on any atom is 0.188 e. The van der Waals surface area contributed by atoms with Crippen LogP contribution in [0.4, 0.5) is 0 Å². The molecule has 0 aliphatic rings. The second kappa shape index (κ2) is 4.04. The van der Waals surface area contributed by atoms with Crippen molar-refractivity contribution < 1.29 is 4.79 Å². The minimum Gasteiger partial charge on any atom is -0.289 e. The average Bonchev–Trinajstić information content (AvgIpc) is 2.17. The van der Waals surface area contributed by atoms with Gasteiger partial charge in [-0.15, -0.1) is 0 Å². The van der Waals surface area contributed by atoms with Gasteiger partial charge in [-0.1, -0.05) is 50.8 Å². The highest BCUT2D eigenvalue weighted by Crippen LogP contribution is 2.13. The van der Waals surface area contributed by atoms with Gasteiger partial charge < -0.3 is 0 Å². The van der Waals surface area contributed by atoms with Gasteiger partial charge in [0.05, 0.1) is 0 Å². The molecule has 0 heterocycles. The van der Waals surface area contributed by atoms with Crippen molar-refractivity contribution in [2.45, 2.75) is 13.8 Å². The molecule has 0 unspecified atom stereocenters. The molecule has 0 bridgehead atoms. The Morgan fingerprint density at radius 1 is 1.23 bits per heavy atom. The molecule has 13 heavy (non-hydrogen) atoms. The van der Waals surface area contributed by atoms with Crippen LogP contribution in [0.2, 0.25) is 0 Å². The molecule has 0 spiro atoms. The molecule has 0 saturated carbocycles. The van der Waals surface area contributed by atoms with Crippen molar-refractivity contribution in [2.75, 3.05) is 0 Å². The first kappa shape index (κ1) is 9.72. The third-order valence-electron chi connectivity index (χ3n) is 2.02. The van der Waals surface area contributed by atoms with Gasteiger partial charge in [-0.2, -0.15) is 0 Å². The zero-order valence-electron chi connectivity index (χ0n) is 8.08. The summed E-state index contributed by atoms with van der Waals surface area (Å²) in [6.45, 7) is 7.73. The van der Waals surface area contributed by atoms with E-state index < -0.39 is 0 Å². The topological polar surface area (TPSA) is 17.1 Å². The molecule has 0 aromatic heterocycles. The third kappa shape index (κ3) is 2.28. The molecule has 1 aromatic rings. The van der Waals surface area contributed by atoms with Crippen LogP contribution in [0.15, 0.2) is 42.5 Å². The fraction of sp³-hybridized carbons (Fsp3) is 0.250. The fourth-order valence-electron chi connectivity index (χ4n) is 1.04. The van der Waals surface area contributed by atoms with Gasteiger partial charge in [0.25, 0.3) is 0 Å². The molecule has 0 amide bonds. The summed E-state index contributed by atoms with van der Waals surface area (Å²) < 4.78 is 0. The van der Waals surface area contributed by atoms with E-state index in [-0.39, 0.29) is 11.7 Å². The smallest absolute Gasteiger partial charge is 0.188 e. The summed E-state index contributed by atoms with van der Waals surface area (Å²) in [5.41, 5.74) is 1.40. The van der Waals surface area contributed by atoms with Crippen LogP contribution < -0.4 is 0 Å². The second-order valence-electron chi connectivity index (χ2n) is 3.38. The van der Waals surface area contributed by atoms with Gasteiger partial charge in [-0.25, -0.2) is 0 Å². The number of ketones is 1. The minimum absolute atomic E-state index is 0.0515. The van der Waals surface area contributed by atoms with E-state index in [0.29, 0.717) is 5.57 Å². The van der Waals surface area contributed by atoms with Crippen molar-refractivity contribution in [1.82, 2.24) is 0 Å². The molecule has 0 aliphatic heterocycles. The molecule has 0 saturated heterocycles. The van der Waals surface area contributed by atoms with Crippen LogP contribution >= 0.6 is 0 Å². The molecule has 1 nitrogen and oxygen atoms in total. The first-order valence-electron chi connectivity index (χ1n) is 4.41. The van der Waals surface area contributed by atoms with E-state index >= 15 is 0 Å². The summed E-state index contributed by atoms with van der Waals surface area (Å²) in [6.07, 6.45) is 0. The third-order valence-corrected chi connectivity index (χ3v) is 2.02. The number of carbonyl (C=O) groups excluding carboxylic acids is 1. The lowest BCUT2D eigenvalue weighted by Crippen LogP contribution is -2.07. The maximum atomic E-state index is 11.7. The fourth-order valence-corrected chi connectivity index (χ4v) is 1.04. The van der Waals surface area contributed by atoms with E-state index in [4.69, 9.17) is 0 Å². The Balaban J connectivity index is 2.87. The predicted molar refractivity (Wildman–Crippen MR) is 54.8 cm³/mol. The Morgan fingerprint density at radius 2 is 1.77 bits per heavy atom. The normalized spacial score (nSPS) is 10.1. The quantitative estimate of drug-likeness (QED) is 0.508. The molecule has 1 aromatic carbocycles. The van der Waals surface area contributed by atoms with Crippen LogP contribution in [-0.4, -0.2) is 5.78 Å². The zero-order chi connectivity index (χ0) is 9.84. The monoisotopic (exact) mass is 174 g/mol. The van der Waals surface area contributed by atoms with Gasteiger partial charge in [-0.3, -0.25) is 4.79 Å². The lowest BCUT2D eigenvalue weighted by Gasteiger charge is -2.07. The summed E-state index contributed by atoms with van der Waals surface area (Å²) >= 11 is 0. The first-order valence-corrected chi connectivity index (χ1v) is 4.41. The van der Waals surface area contributed by atoms with Crippen molar-refractivity contribution in [3.05, 3.63) is 48.0 Å². The van der Waals surface area contributed by atoms with Crippen molar-refractivity contribution in [2.24, 2.45) is 5.92 Å². The molecule has 1 heteroatoms. The van der Waals surface area contributed by atoms with Gasteiger partial charge in [0, 0.05) is 5.56 Å². The molecule has 1 rings (SSSR count). The van der Waals surface area contributed by atoms with E-state index in [9.17, 15) is 4.79 Å². The van der Waals surface area contributed by atoms with Gasteiger partial charge in [0.1, 0.15) is 0 Å². The van der Waals surface area contributed by atoms with E-state index in [2.05, 4.69) is 6.58 Å². The summed E-state index contributed by atoms with van der Waals surface area (Å²) in [5.74, 6) is 0.267. The second-order valence-corrected chi connectivity index (χ2v) is 3.38. The number of rotatable bonds is 3. The highest BCUT2D eigenvalue weighted by molar-refractivity contribution is 6.08. The van der Waals surface area contributed by atoms with Crippen molar-refractivity contribution >= 4 is 5.78 Å². The summed E-state index contributed by atoms with van der Waals surface area (Å²) in [6, 6.07) is 9.25. The number of carbonyl (C=O) groups is 1. The molecule has 0 atom stereocenters. The number of benzene rings is 1. The summed E-state index contributed by atoms with van der Waals surface area (Å²) in [4.78, 5) is 11.7. The Bertz CT molecular complexity index is 309. The number of allylic oxidation sites excluding steroid dienone is 1. The summed E-state index contributed by atoms with van der Waals surface area (Å²) in [5, 5.41) is 0. The SMILES string of the molecule is C=C(C(=O)c1ccccc1)C(C)C. The van der Waals surface area contributed by atoms with E-state index in [1.807, 2.05) is 44.2 Å². The van der Waals surface area contributed by atoms with E-state index in [0.717, 1.165) is 5.56 Å². The van der Waals surface area contributed by atoms with Crippen molar-refractivity contribution in [3.8, 4) is 0 Å². The molecule has 68 valence electrons. The van der Waals surface area contributed by atoms with Crippen LogP contribution in [-0.2, 0) is 0 Å². The number of hydrogen-bond acceptors (Lipinski definition) is 1.